The molecular formula is C15H21F2NO2. The van der Waals surface area contributed by atoms with Gasteiger partial charge in [0.05, 0.1) is 13.2 Å². The first-order valence-corrected chi connectivity index (χ1v) is 6.85. The number of hydrogen-bond donors (Lipinski definition) is 1. The number of amides is 1. The third-order valence-electron chi connectivity index (χ3n) is 3.04. The van der Waals surface area contributed by atoms with Crippen LogP contribution in [-0.4, -0.2) is 42.0 Å². The maximum atomic E-state index is 12.4. The summed E-state index contributed by atoms with van der Waals surface area (Å²) in [5, 5.41) is 8.85. The number of halogens is 2. The van der Waals surface area contributed by atoms with Crippen LogP contribution in [0.2, 0.25) is 0 Å². The van der Waals surface area contributed by atoms with E-state index in [1.165, 1.54) is 0 Å². The predicted molar refractivity (Wildman–Crippen MR) is 74.0 cm³/mol. The van der Waals surface area contributed by atoms with Crippen molar-refractivity contribution in [3.8, 4) is 0 Å². The molecule has 0 aliphatic carbocycles. The summed E-state index contributed by atoms with van der Waals surface area (Å²) in [4.78, 5) is 13.1. The normalized spacial score (nSPS) is 10.8. The van der Waals surface area contributed by atoms with E-state index in [-0.39, 0.29) is 13.2 Å². The van der Waals surface area contributed by atoms with Crippen molar-refractivity contribution in [2.75, 3.05) is 19.7 Å². The van der Waals surface area contributed by atoms with Gasteiger partial charge in [-0.2, -0.15) is 0 Å². The van der Waals surface area contributed by atoms with Crippen LogP contribution in [0.1, 0.15) is 35.7 Å². The van der Waals surface area contributed by atoms with E-state index in [1.807, 2.05) is 12.1 Å². The molecule has 0 spiro atoms. The van der Waals surface area contributed by atoms with Crippen LogP contribution in [0.4, 0.5) is 8.78 Å². The van der Waals surface area contributed by atoms with E-state index in [2.05, 4.69) is 6.92 Å². The van der Waals surface area contributed by atoms with Crippen LogP contribution < -0.4 is 0 Å². The second-order valence-electron chi connectivity index (χ2n) is 4.67. The number of aryl methyl sites for hydroxylation is 1. The molecule has 0 fully saturated rings. The molecule has 0 unspecified atom stereocenters. The van der Waals surface area contributed by atoms with Gasteiger partial charge >= 0.3 is 0 Å². The Labute approximate surface area is 118 Å². The van der Waals surface area contributed by atoms with E-state index in [0.29, 0.717) is 5.56 Å². The van der Waals surface area contributed by atoms with Gasteiger partial charge in [-0.1, -0.05) is 25.5 Å². The second kappa shape index (κ2) is 8.64. The highest BCUT2D eigenvalue weighted by atomic mass is 19.3. The molecule has 0 bridgehead atoms. The monoisotopic (exact) mass is 285 g/mol. The predicted octanol–water partition coefficient (Wildman–Crippen LogP) is 2.73. The lowest BCUT2D eigenvalue weighted by Gasteiger charge is -2.21. The third kappa shape index (κ3) is 5.25. The number of alkyl halides is 2. The molecule has 20 heavy (non-hydrogen) atoms. The van der Waals surface area contributed by atoms with Crippen LogP contribution in [0, 0.1) is 0 Å². The quantitative estimate of drug-likeness (QED) is 0.798. The fourth-order valence-electron chi connectivity index (χ4n) is 1.94. The number of aliphatic hydroxyl groups is 1. The van der Waals surface area contributed by atoms with Crippen molar-refractivity contribution in [2.45, 2.75) is 32.6 Å². The summed E-state index contributed by atoms with van der Waals surface area (Å²) in [5.41, 5.74) is 1.50. The summed E-state index contributed by atoms with van der Waals surface area (Å²) in [6.45, 7) is 1.04. The third-order valence-corrected chi connectivity index (χ3v) is 3.04. The maximum absolute atomic E-state index is 12.4. The summed E-state index contributed by atoms with van der Waals surface area (Å²) in [5.74, 6) is -0.471. The van der Waals surface area contributed by atoms with Gasteiger partial charge in [0.25, 0.3) is 12.3 Å². The first-order chi connectivity index (χ1) is 9.58. The molecule has 1 aromatic rings. The average molecular weight is 285 g/mol. The Balaban J connectivity index is 2.73. The van der Waals surface area contributed by atoms with Crippen LogP contribution in [0.25, 0.3) is 0 Å². The Morgan fingerprint density at radius 3 is 2.45 bits per heavy atom. The van der Waals surface area contributed by atoms with E-state index >= 15 is 0 Å². The van der Waals surface area contributed by atoms with E-state index < -0.39 is 18.9 Å². The van der Waals surface area contributed by atoms with Gasteiger partial charge in [0.1, 0.15) is 0 Å². The summed E-state index contributed by atoms with van der Waals surface area (Å²) < 4.78 is 24.8. The topological polar surface area (TPSA) is 40.5 Å². The smallest absolute Gasteiger partial charge is 0.255 e. The zero-order valence-corrected chi connectivity index (χ0v) is 11.7. The molecule has 0 saturated carbocycles. The van der Waals surface area contributed by atoms with Crippen LogP contribution in [0.15, 0.2) is 24.3 Å². The summed E-state index contributed by atoms with van der Waals surface area (Å²) >= 11 is 0. The minimum absolute atomic E-state index is 0.0826. The molecule has 0 saturated heterocycles. The molecule has 0 atom stereocenters. The molecule has 1 N–H and O–H groups in total. The largest absolute Gasteiger partial charge is 0.395 e. The van der Waals surface area contributed by atoms with Crippen LogP contribution in [0.3, 0.4) is 0 Å². The van der Waals surface area contributed by atoms with Crippen molar-refractivity contribution in [3.63, 3.8) is 0 Å². The molecule has 0 radical (unpaired) electrons. The second-order valence-corrected chi connectivity index (χ2v) is 4.67. The van der Waals surface area contributed by atoms with Gasteiger partial charge in [0, 0.05) is 12.1 Å². The number of rotatable bonds is 8. The number of carbonyl (C=O) groups excluding carboxylic acids is 1. The summed E-state index contributed by atoms with van der Waals surface area (Å²) in [7, 11) is 0. The van der Waals surface area contributed by atoms with E-state index in [1.54, 1.807) is 12.1 Å². The van der Waals surface area contributed by atoms with Gasteiger partial charge in [-0.25, -0.2) is 8.78 Å². The van der Waals surface area contributed by atoms with Crippen LogP contribution >= 0.6 is 0 Å². The fraction of sp³-hybridized carbons (Fsp3) is 0.533. The Bertz CT molecular complexity index is 407. The molecule has 1 amide bonds. The zero-order chi connectivity index (χ0) is 15.0. The van der Waals surface area contributed by atoms with E-state index in [4.69, 9.17) is 5.11 Å². The minimum Gasteiger partial charge on any atom is -0.395 e. The van der Waals surface area contributed by atoms with Crippen molar-refractivity contribution in [1.82, 2.24) is 4.90 Å². The van der Waals surface area contributed by atoms with Crippen LogP contribution in [-0.2, 0) is 6.42 Å². The number of aliphatic hydroxyl groups excluding tert-OH is 1. The van der Waals surface area contributed by atoms with E-state index in [0.717, 1.165) is 29.7 Å². The van der Waals surface area contributed by atoms with Crippen molar-refractivity contribution >= 4 is 5.91 Å². The number of unbranched alkanes of at least 4 members (excludes halogenated alkanes) is 1. The lowest BCUT2D eigenvalue weighted by atomic mass is 10.1. The van der Waals surface area contributed by atoms with Gasteiger partial charge in [-0.15, -0.1) is 0 Å². The van der Waals surface area contributed by atoms with Crippen molar-refractivity contribution < 1.29 is 18.7 Å². The Hall–Kier alpha value is -1.49. The van der Waals surface area contributed by atoms with Gasteiger partial charge in [0.2, 0.25) is 0 Å². The molecule has 112 valence electrons. The highest BCUT2D eigenvalue weighted by Crippen LogP contribution is 2.11. The van der Waals surface area contributed by atoms with Crippen LogP contribution in [0.5, 0.6) is 0 Å². The Morgan fingerprint density at radius 1 is 1.30 bits per heavy atom. The number of benzene rings is 1. The number of carbonyl (C=O) groups is 1. The summed E-state index contributed by atoms with van der Waals surface area (Å²) in [6, 6.07) is 7.01. The molecule has 0 aliphatic rings. The molecular weight excluding hydrogens is 264 g/mol. The first kappa shape index (κ1) is 16.6. The number of hydrogen-bond acceptors (Lipinski definition) is 2. The fourth-order valence-corrected chi connectivity index (χ4v) is 1.94. The van der Waals surface area contributed by atoms with Gasteiger partial charge in [-0.3, -0.25) is 4.79 Å². The minimum atomic E-state index is -2.60. The van der Waals surface area contributed by atoms with Gasteiger partial charge < -0.3 is 10.0 Å². The number of nitrogens with zero attached hydrogens (tertiary/aromatic N) is 1. The summed E-state index contributed by atoms with van der Waals surface area (Å²) in [6.07, 6.45) is 0.520. The molecule has 0 aromatic heterocycles. The van der Waals surface area contributed by atoms with Crippen molar-refractivity contribution in [2.24, 2.45) is 0 Å². The highest BCUT2D eigenvalue weighted by Gasteiger charge is 2.19. The molecule has 5 heteroatoms. The lowest BCUT2D eigenvalue weighted by Crippen LogP contribution is -2.37. The zero-order valence-electron chi connectivity index (χ0n) is 11.7. The highest BCUT2D eigenvalue weighted by molar-refractivity contribution is 5.94. The average Bonchev–Trinajstić information content (AvgIpc) is 2.44. The lowest BCUT2D eigenvalue weighted by molar-refractivity contribution is 0.0509. The maximum Gasteiger partial charge on any atom is 0.255 e. The van der Waals surface area contributed by atoms with Gasteiger partial charge in [-0.05, 0) is 30.5 Å². The molecule has 1 aromatic carbocycles. The Morgan fingerprint density at radius 2 is 1.95 bits per heavy atom. The molecule has 0 heterocycles. The van der Waals surface area contributed by atoms with Crippen molar-refractivity contribution in [1.29, 1.82) is 0 Å². The Kier molecular flexibility index (Phi) is 7.15. The first-order valence-electron chi connectivity index (χ1n) is 6.85. The molecule has 0 aliphatic heterocycles. The standard InChI is InChI=1S/C15H21F2NO2/c1-2-3-4-12-5-7-13(8-6-12)15(20)18(9-10-19)11-14(16)17/h5-8,14,19H,2-4,9-11H2,1H3. The van der Waals surface area contributed by atoms with E-state index in [9.17, 15) is 13.6 Å². The molecule has 1 rings (SSSR count). The molecule has 3 nitrogen and oxygen atoms in total. The van der Waals surface area contributed by atoms with Crippen molar-refractivity contribution in [3.05, 3.63) is 35.4 Å². The van der Waals surface area contributed by atoms with Gasteiger partial charge in [0.15, 0.2) is 0 Å². The SMILES string of the molecule is CCCCc1ccc(C(=O)N(CCO)CC(F)F)cc1.